The molecule has 0 bridgehead atoms. The van der Waals surface area contributed by atoms with Crippen molar-refractivity contribution >= 4 is 34.0 Å². The number of fused-ring (bicyclic) bond motifs is 1. The van der Waals surface area contributed by atoms with Crippen molar-refractivity contribution in [2.45, 2.75) is 57.9 Å². The number of carbonyl (C=O) groups is 2. The minimum Gasteiger partial charge on any atom is -0.480 e. The van der Waals surface area contributed by atoms with E-state index in [0.717, 1.165) is 78.9 Å². The highest BCUT2D eigenvalue weighted by molar-refractivity contribution is 5.96. The third kappa shape index (κ3) is 7.44. The minimum atomic E-state index is -1.10. The summed E-state index contributed by atoms with van der Waals surface area (Å²) in [5.41, 5.74) is 6.79. The van der Waals surface area contributed by atoms with Crippen LogP contribution < -0.4 is 21.1 Å². The molecule has 0 radical (unpaired) electrons. The molecule has 0 aliphatic carbocycles. The van der Waals surface area contributed by atoms with Gasteiger partial charge >= 0.3 is 5.97 Å². The van der Waals surface area contributed by atoms with Crippen LogP contribution in [0.15, 0.2) is 59.8 Å². The van der Waals surface area contributed by atoms with Crippen LogP contribution in [0, 0.1) is 5.92 Å². The Labute approximate surface area is 229 Å². The highest BCUT2D eigenvalue weighted by Gasteiger charge is 2.31. The Morgan fingerprint density at radius 1 is 1.03 bits per heavy atom. The lowest BCUT2D eigenvalue weighted by Gasteiger charge is -2.36. The van der Waals surface area contributed by atoms with E-state index in [2.05, 4.69) is 16.0 Å². The van der Waals surface area contributed by atoms with Gasteiger partial charge in [0, 0.05) is 48.9 Å². The van der Waals surface area contributed by atoms with E-state index in [1.165, 1.54) is 12.3 Å². The van der Waals surface area contributed by atoms with Crippen molar-refractivity contribution in [1.29, 1.82) is 0 Å². The second-order valence-corrected chi connectivity index (χ2v) is 10.3. The van der Waals surface area contributed by atoms with Crippen molar-refractivity contribution in [2.24, 2.45) is 11.7 Å². The summed E-state index contributed by atoms with van der Waals surface area (Å²) in [7, 11) is 0. The number of amides is 1. The van der Waals surface area contributed by atoms with E-state index in [0.29, 0.717) is 25.3 Å². The first-order valence-electron chi connectivity index (χ1n) is 14.0. The van der Waals surface area contributed by atoms with Crippen LogP contribution in [0.1, 0.15) is 51.4 Å². The Kier molecular flexibility index (Phi) is 10.1. The van der Waals surface area contributed by atoms with Gasteiger partial charge < -0.3 is 25.2 Å². The molecular weight excluding hydrogens is 494 g/mol. The van der Waals surface area contributed by atoms with Crippen LogP contribution in [0.4, 0.5) is 11.4 Å². The maximum Gasteiger partial charge on any atom is 0.323 e. The molecule has 1 aromatic carbocycles. The molecule has 3 N–H and O–H groups in total. The number of benzene rings is 1. The fraction of sp³-hybridized carbons (Fsp3) is 0.467. The summed E-state index contributed by atoms with van der Waals surface area (Å²) in [6.45, 7) is 2.22. The van der Waals surface area contributed by atoms with E-state index < -0.39 is 18.1 Å². The minimum absolute atomic E-state index is 0.0107. The first-order valence-corrected chi connectivity index (χ1v) is 14.0. The molecule has 3 aromatic rings. The molecular formula is C30H39N5O4. The highest BCUT2D eigenvalue weighted by atomic mass is 16.4. The normalized spacial score (nSPS) is 15.4. The number of piperidine rings is 1. The maximum absolute atomic E-state index is 14.0. The molecule has 3 heterocycles. The van der Waals surface area contributed by atoms with Gasteiger partial charge in [0.2, 0.25) is 5.91 Å². The first-order chi connectivity index (χ1) is 19.0. The Hall–Kier alpha value is -3.72. The van der Waals surface area contributed by atoms with Crippen molar-refractivity contribution < 1.29 is 14.7 Å². The first kappa shape index (κ1) is 28.3. The lowest BCUT2D eigenvalue weighted by Crippen LogP contribution is -2.45. The van der Waals surface area contributed by atoms with Crippen molar-refractivity contribution in [3.8, 4) is 0 Å². The third-order valence-corrected chi connectivity index (χ3v) is 7.45. The van der Waals surface area contributed by atoms with Crippen LogP contribution in [0.25, 0.3) is 10.8 Å². The van der Waals surface area contributed by atoms with Crippen molar-refractivity contribution in [2.75, 3.05) is 36.0 Å². The van der Waals surface area contributed by atoms with Gasteiger partial charge in [0.1, 0.15) is 6.54 Å². The number of carboxylic acids is 1. The van der Waals surface area contributed by atoms with Gasteiger partial charge in [-0.15, -0.1) is 0 Å². The molecule has 1 amide bonds. The molecule has 39 heavy (non-hydrogen) atoms. The van der Waals surface area contributed by atoms with Gasteiger partial charge in [-0.1, -0.05) is 49.9 Å². The molecule has 1 atom stereocenters. The summed E-state index contributed by atoms with van der Waals surface area (Å²) in [6.07, 6.45) is 13.0. The van der Waals surface area contributed by atoms with E-state index in [9.17, 15) is 19.5 Å². The van der Waals surface area contributed by atoms with Crippen LogP contribution in [0.2, 0.25) is 0 Å². The average Bonchev–Trinajstić information content (AvgIpc) is 2.95. The number of nitrogens with two attached hydrogens (primary N) is 1. The number of aromatic nitrogens is 2. The van der Waals surface area contributed by atoms with Crippen LogP contribution in [-0.2, 0) is 16.1 Å². The maximum atomic E-state index is 14.0. The summed E-state index contributed by atoms with van der Waals surface area (Å²) in [5, 5.41) is 11.4. The van der Waals surface area contributed by atoms with Crippen molar-refractivity contribution in [1.82, 2.24) is 9.55 Å². The Balaban J connectivity index is 1.53. The molecule has 9 nitrogen and oxygen atoms in total. The number of anilines is 2. The Morgan fingerprint density at radius 2 is 1.79 bits per heavy atom. The standard InChI is InChI=1S/C30H39N5O4/c31-15-7-3-1-2-4-8-17-35(25-13-14-28(36)34(21-25)22-29(37)38)30(39)24-11-9-16-33(20-24)27-19-32-18-23-10-5-6-12-26(23)27/h5-6,10,12-14,18-19,21,24H,1-4,7-9,11,15-17,20,22,31H2,(H,37,38). The van der Waals surface area contributed by atoms with Crippen LogP contribution in [-0.4, -0.2) is 52.7 Å². The quantitative estimate of drug-likeness (QED) is 0.318. The number of hydrogen-bond acceptors (Lipinski definition) is 6. The van der Waals surface area contributed by atoms with Gasteiger partial charge in [-0.3, -0.25) is 19.4 Å². The van der Waals surface area contributed by atoms with E-state index in [1.54, 1.807) is 11.0 Å². The smallest absolute Gasteiger partial charge is 0.323 e. The number of hydrogen-bond donors (Lipinski definition) is 2. The Morgan fingerprint density at radius 3 is 2.59 bits per heavy atom. The van der Waals surface area contributed by atoms with Crippen LogP contribution >= 0.6 is 0 Å². The summed E-state index contributed by atoms with van der Waals surface area (Å²) in [4.78, 5) is 46.0. The summed E-state index contributed by atoms with van der Waals surface area (Å²) >= 11 is 0. The van der Waals surface area contributed by atoms with Crippen LogP contribution in [0.3, 0.4) is 0 Å². The third-order valence-electron chi connectivity index (χ3n) is 7.45. The molecule has 2 aromatic heterocycles. The van der Waals surface area contributed by atoms with Gasteiger partial charge in [-0.25, -0.2) is 0 Å². The molecule has 1 unspecified atom stereocenters. The van der Waals surface area contributed by atoms with E-state index in [4.69, 9.17) is 5.73 Å². The monoisotopic (exact) mass is 533 g/mol. The molecule has 1 saturated heterocycles. The predicted octanol–water partition coefficient (Wildman–Crippen LogP) is 4.03. The average molecular weight is 534 g/mol. The summed E-state index contributed by atoms with van der Waals surface area (Å²) in [6, 6.07) is 11.1. The summed E-state index contributed by atoms with van der Waals surface area (Å²) in [5.74, 6) is -1.31. The molecule has 1 aliphatic heterocycles. The van der Waals surface area contributed by atoms with Gasteiger partial charge in [-0.2, -0.15) is 0 Å². The predicted molar refractivity (Wildman–Crippen MR) is 154 cm³/mol. The van der Waals surface area contributed by atoms with Crippen molar-refractivity contribution in [3.05, 3.63) is 65.3 Å². The van der Waals surface area contributed by atoms with E-state index in [1.807, 2.05) is 30.6 Å². The number of carbonyl (C=O) groups excluding carboxylic acids is 1. The zero-order chi connectivity index (χ0) is 27.6. The molecule has 9 heteroatoms. The number of rotatable bonds is 13. The van der Waals surface area contributed by atoms with Gasteiger partial charge in [-0.05, 0) is 38.3 Å². The molecule has 0 spiro atoms. The molecule has 1 aliphatic rings. The molecule has 0 saturated carbocycles. The molecule has 1 fully saturated rings. The lowest BCUT2D eigenvalue weighted by molar-refractivity contribution is -0.137. The van der Waals surface area contributed by atoms with Gasteiger partial charge in [0.15, 0.2) is 0 Å². The van der Waals surface area contributed by atoms with Gasteiger partial charge in [0.05, 0.1) is 23.5 Å². The fourth-order valence-corrected chi connectivity index (χ4v) is 5.41. The highest BCUT2D eigenvalue weighted by Crippen LogP contribution is 2.31. The zero-order valence-corrected chi connectivity index (χ0v) is 22.5. The van der Waals surface area contributed by atoms with E-state index in [-0.39, 0.29) is 11.8 Å². The zero-order valence-electron chi connectivity index (χ0n) is 22.5. The second-order valence-electron chi connectivity index (χ2n) is 10.3. The Bertz CT molecular complexity index is 1320. The second kappa shape index (κ2) is 13.9. The SMILES string of the molecule is NCCCCCCCCN(C(=O)C1CCCN(c2cncc3ccccc23)C1)c1ccc(=O)n(CC(=O)O)c1. The largest absolute Gasteiger partial charge is 0.480 e. The topological polar surface area (TPSA) is 122 Å². The number of aliphatic carboxylic acids is 1. The number of nitrogens with zero attached hydrogens (tertiary/aromatic N) is 4. The molecule has 208 valence electrons. The number of pyridine rings is 2. The van der Waals surface area contributed by atoms with E-state index >= 15 is 0 Å². The molecule has 4 rings (SSSR count). The number of carboxylic acid groups (broad SMARTS) is 1. The van der Waals surface area contributed by atoms with Crippen molar-refractivity contribution in [3.63, 3.8) is 0 Å². The van der Waals surface area contributed by atoms with Gasteiger partial charge in [0.25, 0.3) is 5.56 Å². The summed E-state index contributed by atoms with van der Waals surface area (Å²) < 4.78 is 1.15. The lowest BCUT2D eigenvalue weighted by atomic mass is 9.95. The fourth-order valence-electron chi connectivity index (χ4n) is 5.41. The number of unbranched alkanes of at least 4 members (excludes halogenated alkanes) is 5. The van der Waals surface area contributed by atoms with Crippen LogP contribution in [0.5, 0.6) is 0 Å².